The number of aliphatic carboxylic acids is 1. The Balaban J connectivity index is 2.23. The predicted octanol–water partition coefficient (Wildman–Crippen LogP) is 1.39. The van der Waals surface area contributed by atoms with E-state index in [1.807, 2.05) is 24.3 Å². The molecule has 1 aliphatic carbocycles. The Morgan fingerprint density at radius 2 is 2.05 bits per heavy atom. The van der Waals surface area contributed by atoms with Crippen molar-refractivity contribution in [2.24, 2.45) is 5.73 Å². The average molecular weight is 285 g/mol. The number of fused-ring (bicyclic) bond motifs is 1. The summed E-state index contributed by atoms with van der Waals surface area (Å²) >= 11 is 0. The molecule has 0 unspecified atom stereocenters. The van der Waals surface area contributed by atoms with Crippen LogP contribution in [0, 0.1) is 0 Å². The van der Waals surface area contributed by atoms with Crippen LogP contribution in [0.2, 0.25) is 0 Å². The smallest absolute Gasteiger partial charge is 0.323 e. The topological polar surface area (TPSA) is 96.5 Å². The van der Waals surface area contributed by atoms with E-state index in [2.05, 4.69) is 4.98 Å². The third kappa shape index (κ3) is 2.52. The second-order valence-electron chi connectivity index (χ2n) is 5.15. The van der Waals surface area contributed by atoms with Gasteiger partial charge >= 0.3 is 5.97 Å². The van der Waals surface area contributed by atoms with Crippen molar-refractivity contribution in [2.75, 3.05) is 11.4 Å². The minimum Gasteiger partial charge on any atom is -0.480 e. The number of carboxylic acids is 1. The number of nitrogens with two attached hydrogens (primary N) is 1. The van der Waals surface area contributed by atoms with Crippen LogP contribution < -0.4 is 10.6 Å². The van der Waals surface area contributed by atoms with Crippen molar-refractivity contribution in [2.45, 2.75) is 18.9 Å². The van der Waals surface area contributed by atoms with Crippen LogP contribution in [0.4, 0.5) is 5.69 Å². The molecule has 0 spiro atoms. The molecule has 1 heterocycles. The van der Waals surface area contributed by atoms with Gasteiger partial charge in [-0.25, -0.2) is 0 Å². The standard InChI is InChI=1S/C15H15N3O3/c16-15(21)11-7-17-12-4-2-1-3-10(12)14(11)18(8-13(19)20)9-5-6-9/h1-4,7,9H,5-6,8H2,(H2,16,21)(H,19,20). The summed E-state index contributed by atoms with van der Waals surface area (Å²) in [7, 11) is 0. The summed E-state index contributed by atoms with van der Waals surface area (Å²) in [6.07, 6.45) is 3.27. The number of hydrogen-bond donors (Lipinski definition) is 2. The highest BCUT2D eigenvalue weighted by atomic mass is 16.4. The lowest BCUT2D eigenvalue weighted by Gasteiger charge is -2.25. The Morgan fingerprint density at radius 3 is 2.67 bits per heavy atom. The zero-order valence-corrected chi connectivity index (χ0v) is 11.3. The van der Waals surface area contributed by atoms with Crippen molar-refractivity contribution in [3.8, 4) is 0 Å². The Bertz CT molecular complexity index is 725. The number of aromatic nitrogens is 1. The van der Waals surface area contributed by atoms with Gasteiger partial charge < -0.3 is 15.7 Å². The van der Waals surface area contributed by atoms with Crippen molar-refractivity contribution >= 4 is 28.5 Å². The normalized spacial score (nSPS) is 14.1. The van der Waals surface area contributed by atoms with Crippen LogP contribution in [0.1, 0.15) is 23.2 Å². The van der Waals surface area contributed by atoms with Gasteiger partial charge in [-0.05, 0) is 18.9 Å². The summed E-state index contributed by atoms with van der Waals surface area (Å²) in [6, 6.07) is 7.49. The second kappa shape index (κ2) is 5.05. The van der Waals surface area contributed by atoms with Crippen LogP contribution in [0.15, 0.2) is 30.5 Å². The zero-order chi connectivity index (χ0) is 15.0. The second-order valence-corrected chi connectivity index (χ2v) is 5.15. The molecule has 108 valence electrons. The molecule has 0 radical (unpaired) electrons. The van der Waals surface area contributed by atoms with E-state index in [9.17, 15) is 9.59 Å². The molecule has 6 nitrogen and oxygen atoms in total. The van der Waals surface area contributed by atoms with E-state index >= 15 is 0 Å². The Morgan fingerprint density at radius 1 is 1.33 bits per heavy atom. The molecular weight excluding hydrogens is 270 g/mol. The molecule has 0 saturated heterocycles. The molecular formula is C15H15N3O3. The Kier molecular flexibility index (Phi) is 3.21. The number of benzene rings is 1. The number of hydrogen-bond acceptors (Lipinski definition) is 4. The molecule has 1 amide bonds. The van der Waals surface area contributed by atoms with Crippen molar-refractivity contribution in [3.05, 3.63) is 36.0 Å². The van der Waals surface area contributed by atoms with Gasteiger partial charge in [-0.1, -0.05) is 18.2 Å². The van der Waals surface area contributed by atoms with Crippen LogP contribution in [0.25, 0.3) is 10.9 Å². The van der Waals surface area contributed by atoms with E-state index in [4.69, 9.17) is 10.8 Å². The van der Waals surface area contributed by atoms with Gasteiger partial charge in [0.15, 0.2) is 0 Å². The van der Waals surface area contributed by atoms with Gasteiger partial charge in [-0.2, -0.15) is 0 Å². The highest BCUT2D eigenvalue weighted by Crippen LogP contribution is 2.37. The largest absolute Gasteiger partial charge is 0.480 e. The minimum atomic E-state index is -0.932. The van der Waals surface area contributed by atoms with Gasteiger partial charge in [0.1, 0.15) is 6.54 Å². The number of carbonyl (C=O) groups is 2. The number of carboxylic acid groups (broad SMARTS) is 1. The van der Waals surface area contributed by atoms with E-state index in [0.29, 0.717) is 11.2 Å². The molecule has 6 heteroatoms. The number of carbonyl (C=O) groups excluding carboxylic acids is 1. The molecule has 2 aromatic rings. The fourth-order valence-corrected chi connectivity index (χ4v) is 2.54. The summed E-state index contributed by atoms with van der Waals surface area (Å²) < 4.78 is 0. The lowest BCUT2D eigenvalue weighted by atomic mass is 10.1. The average Bonchev–Trinajstić information content (AvgIpc) is 3.28. The maximum atomic E-state index is 11.7. The fraction of sp³-hybridized carbons (Fsp3) is 0.267. The van der Waals surface area contributed by atoms with E-state index in [-0.39, 0.29) is 18.2 Å². The summed E-state index contributed by atoms with van der Waals surface area (Å²) in [4.78, 5) is 28.9. The Hall–Kier alpha value is -2.63. The first-order valence-electron chi connectivity index (χ1n) is 6.74. The SMILES string of the molecule is NC(=O)c1cnc2ccccc2c1N(CC(=O)O)C1CC1. The van der Waals surface area contributed by atoms with Crippen molar-refractivity contribution < 1.29 is 14.7 Å². The first-order valence-corrected chi connectivity index (χ1v) is 6.74. The number of nitrogens with zero attached hydrogens (tertiary/aromatic N) is 2. The monoisotopic (exact) mass is 285 g/mol. The van der Waals surface area contributed by atoms with Gasteiger partial charge in [-0.15, -0.1) is 0 Å². The van der Waals surface area contributed by atoms with Crippen molar-refractivity contribution in [1.82, 2.24) is 4.98 Å². The quantitative estimate of drug-likeness (QED) is 0.865. The van der Waals surface area contributed by atoms with E-state index in [0.717, 1.165) is 18.2 Å². The lowest BCUT2D eigenvalue weighted by Crippen LogP contribution is -2.34. The molecule has 0 aliphatic heterocycles. The third-order valence-electron chi connectivity index (χ3n) is 3.59. The summed E-state index contributed by atoms with van der Waals surface area (Å²) in [6.45, 7) is -0.154. The highest BCUT2D eigenvalue weighted by Gasteiger charge is 2.33. The minimum absolute atomic E-state index is 0.144. The molecule has 3 N–H and O–H groups in total. The molecule has 21 heavy (non-hydrogen) atoms. The molecule has 1 fully saturated rings. The first kappa shape index (κ1) is 13.4. The van der Waals surface area contributed by atoms with Crippen molar-refractivity contribution in [1.29, 1.82) is 0 Å². The van der Waals surface area contributed by atoms with Gasteiger partial charge in [-0.3, -0.25) is 14.6 Å². The maximum absolute atomic E-state index is 11.7. The van der Waals surface area contributed by atoms with Gasteiger partial charge in [0.05, 0.1) is 16.8 Å². The van der Waals surface area contributed by atoms with Crippen LogP contribution >= 0.6 is 0 Å². The van der Waals surface area contributed by atoms with Crippen LogP contribution in [-0.4, -0.2) is 34.6 Å². The van der Waals surface area contributed by atoms with E-state index < -0.39 is 11.9 Å². The number of amides is 1. The highest BCUT2D eigenvalue weighted by molar-refractivity contribution is 6.07. The molecule has 0 bridgehead atoms. The molecule has 3 rings (SSSR count). The molecule has 1 aliphatic rings. The van der Waals surface area contributed by atoms with E-state index in [1.165, 1.54) is 6.20 Å². The fourth-order valence-electron chi connectivity index (χ4n) is 2.54. The van der Waals surface area contributed by atoms with Gasteiger partial charge in [0.25, 0.3) is 5.91 Å². The number of para-hydroxylation sites is 1. The summed E-state index contributed by atoms with van der Waals surface area (Å²) in [5, 5.41) is 9.90. The van der Waals surface area contributed by atoms with Gasteiger partial charge in [0.2, 0.25) is 0 Å². The van der Waals surface area contributed by atoms with E-state index in [1.54, 1.807) is 4.90 Å². The van der Waals surface area contributed by atoms with Crippen LogP contribution in [0.5, 0.6) is 0 Å². The van der Waals surface area contributed by atoms with Gasteiger partial charge in [0, 0.05) is 17.6 Å². The first-order chi connectivity index (χ1) is 10.1. The summed E-state index contributed by atoms with van der Waals surface area (Å²) in [5.74, 6) is -1.53. The predicted molar refractivity (Wildman–Crippen MR) is 78.3 cm³/mol. The van der Waals surface area contributed by atoms with Crippen LogP contribution in [0.3, 0.4) is 0 Å². The zero-order valence-electron chi connectivity index (χ0n) is 11.3. The number of anilines is 1. The number of rotatable bonds is 5. The molecule has 0 atom stereocenters. The van der Waals surface area contributed by atoms with Crippen LogP contribution in [-0.2, 0) is 4.79 Å². The third-order valence-corrected chi connectivity index (χ3v) is 3.59. The number of primary amides is 1. The lowest BCUT2D eigenvalue weighted by molar-refractivity contribution is -0.135. The molecule has 1 saturated carbocycles. The summed E-state index contributed by atoms with van der Waals surface area (Å²) in [5.41, 5.74) is 7.01. The maximum Gasteiger partial charge on any atom is 0.323 e. The Labute approximate surface area is 121 Å². The molecule has 1 aromatic carbocycles. The van der Waals surface area contributed by atoms with Crippen molar-refractivity contribution in [3.63, 3.8) is 0 Å². The number of pyridine rings is 1. The molecule has 1 aromatic heterocycles.